The van der Waals surface area contributed by atoms with Gasteiger partial charge in [0.05, 0.1) is 12.0 Å². The molecule has 0 bridgehead atoms. The van der Waals surface area contributed by atoms with Gasteiger partial charge in [0.2, 0.25) is 5.89 Å². The zero-order valence-corrected chi connectivity index (χ0v) is 17.1. The molecule has 6 nitrogen and oxygen atoms in total. The van der Waals surface area contributed by atoms with Crippen LogP contribution in [0.4, 0.5) is 5.82 Å². The highest BCUT2D eigenvalue weighted by Gasteiger charge is 2.22. The molecule has 0 unspecified atom stereocenters. The largest absolute Gasteiger partial charge is 0.497 e. The van der Waals surface area contributed by atoms with E-state index in [0.717, 1.165) is 5.56 Å². The standard InChI is InChI=1S/C23H20N2O4S/c1-28-19-12-8-11-18(16-19)22-23(25-30(26,27)20-13-6-3-7-14-20)24-21(29-22)15-17-9-4-2-5-10-17/h2-14,16,25H,15H2,1H3. The molecule has 0 fully saturated rings. The van der Waals surface area contributed by atoms with Crippen molar-refractivity contribution in [3.05, 3.63) is 96.4 Å². The molecule has 0 saturated heterocycles. The summed E-state index contributed by atoms with van der Waals surface area (Å²) in [5, 5.41) is 0. The van der Waals surface area contributed by atoms with Gasteiger partial charge >= 0.3 is 0 Å². The van der Waals surface area contributed by atoms with Crippen LogP contribution in [-0.4, -0.2) is 20.5 Å². The van der Waals surface area contributed by atoms with Crippen LogP contribution in [0.15, 0.2) is 94.2 Å². The molecule has 30 heavy (non-hydrogen) atoms. The molecule has 4 rings (SSSR count). The van der Waals surface area contributed by atoms with Gasteiger partial charge in [-0.1, -0.05) is 60.7 Å². The predicted octanol–water partition coefficient (Wildman–Crippen LogP) is 4.74. The first-order chi connectivity index (χ1) is 14.5. The Bertz CT molecular complexity index is 1240. The van der Waals surface area contributed by atoms with Crippen molar-refractivity contribution < 1.29 is 17.6 Å². The van der Waals surface area contributed by atoms with Gasteiger partial charge in [0, 0.05) is 12.0 Å². The van der Waals surface area contributed by atoms with Crippen LogP contribution >= 0.6 is 0 Å². The number of ether oxygens (including phenoxy) is 1. The number of sulfonamides is 1. The van der Waals surface area contributed by atoms with Crippen molar-refractivity contribution in [2.45, 2.75) is 11.3 Å². The Balaban J connectivity index is 1.75. The molecule has 0 atom stereocenters. The Morgan fingerprint density at radius 1 is 0.933 bits per heavy atom. The number of rotatable bonds is 7. The molecule has 0 aliphatic rings. The summed E-state index contributed by atoms with van der Waals surface area (Å²) in [5.41, 5.74) is 1.67. The minimum absolute atomic E-state index is 0.137. The van der Waals surface area contributed by atoms with Crippen molar-refractivity contribution in [2.24, 2.45) is 0 Å². The fraction of sp³-hybridized carbons (Fsp3) is 0.0870. The Hall–Kier alpha value is -3.58. The topological polar surface area (TPSA) is 81.4 Å². The van der Waals surface area contributed by atoms with Gasteiger partial charge in [0.1, 0.15) is 5.75 Å². The van der Waals surface area contributed by atoms with Crippen LogP contribution in [0.1, 0.15) is 11.5 Å². The molecule has 4 aromatic rings. The molecule has 0 amide bonds. The normalized spacial score (nSPS) is 11.2. The van der Waals surface area contributed by atoms with Gasteiger partial charge in [0.15, 0.2) is 11.6 Å². The maximum absolute atomic E-state index is 12.9. The number of hydrogen-bond acceptors (Lipinski definition) is 5. The molecule has 0 aliphatic carbocycles. The molecule has 1 aromatic heterocycles. The van der Waals surface area contributed by atoms with E-state index >= 15 is 0 Å². The highest BCUT2D eigenvalue weighted by Crippen LogP contribution is 2.33. The first-order valence-electron chi connectivity index (χ1n) is 9.31. The first kappa shape index (κ1) is 19.7. The lowest BCUT2D eigenvalue weighted by Gasteiger charge is -2.07. The maximum atomic E-state index is 12.9. The molecule has 152 valence electrons. The van der Waals surface area contributed by atoms with E-state index in [0.29, 0.717) is 29.4 Å². The molecule has 1 N–H and O–H groups in total. The third-order valence-electron chi connectivity index (χ3n) is 4.49. The number of nitrogens with one attached hydrogen (secondary N) is 1. The average Bonchev–Trinajstić information content (AvgIpc) is 3.16. The summed E-state index contributed by atoms with van der Waals surface area (Å²) in [5.74, 6) is 1.51. The third kappa shape index (κ3) is 4.36. The van der Waals surface area contributed by atoms with Crippen LogP contribution in [0.2, 0.25) is 0 Å². The van der Waals surface area contributed by atoms with E-state index in [-0.39, 0.29) is 10.7 Å². The number of hydrogen-bond donors (Lipinski definition) is 1. The fourth-order valence-corrected chi connectivity index (χ4v) is 4.05. The molecule has 0 radical (unpaired) electrons. The fourth-order valence-electron chi connectivity index (χ4n) is 3.03. The number of benzene rings is 3. The van der Waals surface area contributed by atoms with Crippen molar-refractivity contribution in [1.82, 2.24) is 4.98 Å². The lowest BCUT2D eigenvalue weighted by Crippen LogP contribution is -2.13. The zero-order chi connectivity index (χ0) is 21.0. The molecular formula is C23H20N2O4S. The minimum atomic E-state index is -3.82. The number of oxazole rings is 1. The first-order valence-corrected chi connectivity index (χ1v) is 10.8. The van der Waals surface area contributed by atoms with E-state index in [9.17, 15) is 8.42 Å². The van der Waals surface area contributed by atoms with E-state index in [1.54, 1.807) is 37.4 Å². The molecule has 0 saturated carbocycles. The summed E-state index contributed by atoms with van der Waals surface area (Å²) in [6.45, 7) is 0. The zero-order valence-electron chi connectivity index (χ0n) is 16.3. The Kier molecular flexibility index (Phi) is 5.54. The van der Waals surface area contributed by atoms with Gasteiger partial charge in [0.25, 0.3) is 10.0 Å². The second kappa shape index (κ2) is 8.42. The van der Waals surface area contributed by atoms with E-state index < -0.39 is 10.0 Å². The lowest BCUT2D eigenvalue weighted by molar-refractivity contribution is 0.414. The summed E-state index contributed by atoms with van der Waals surface area (Å²) in [7, 11) is -2.25. The molecule has 0 spiro atoms. The number of nitrogens with zero attached hydrogens (tertiary/aromatic N) is 1. The molecular weight excluding hydrogens is 400 g/mol. The lowest BCUT2D eigenvalue weighted by atomic mass is 10.1. The number of aromatic nitrogens is 1. The van der Waals surface area contributed by atoms with E-state index in [4.69, 9.17) is 9.15 Å². The summed E-state index contributed by atoms with van der Waals surface area (Å²) in [6, 6.07) is 25.1. The number of anilines is 1. The van der Waals surface area contributed by atoms with Crippen molar-refractivity contribution in [3.63, 3.8) is 0 Å². The van der Waals surface area contributed by atoms with Crippen LogP contribution in [0.25, 0.3) is 11.3 Å². The minimum Gasteiger partial charge on any atom is -0.497 e. The third-order valence-corrected chi connectivity index (χ3v) is 5.84. The summed E-state index contributed by atoms with van der Waals surface area (Å²) >= 11 is 0. The Labute approximate surface area is 175 Å². The quantitative estimate of drug-likeness (QED) is 0.467. The van der Waals surface area contributed by atoms with Gasteiger partial charge in [-0.25, -0.2) is 8.42 Å². The molecule has 3 aromatic carbocycles. The second-order valence-electron chi connectivity index (χ2n) is 6.60. The van der Waals surface area contributed by atoms with Gasteiger partial charge in [-0.3, -0.25) is 4.72 Å². The van der Waals surface area contributed by atoms with Crippen molar-refractivity contribution in [1.29, 1.82) is 0 Å². The van der Waals surface area contributed by atoms with Crippen LogP contribution < -0.4 is 9.46 Å². The Morgan fingerprint density at radius 3 is 2.33 bits per heavy atom. The summed E-state index contributed by atoms with van der Waals surface area (Å²) < 4.78 is 39.6. The maximum Gasteiger partial charge on any atom is 0.263 e. The molecule has 0 aliphatic heterocycles. The van der Waals surface area contributed by atoms with E-state index in [1.165, 1.54) is 12.1 Å². The highest BCUT2D eigenvalue weighted by atomic mass is 32.2. The van der Waals surface area contributed by atoms with Gasteiger partial charge < -0.3 is 9.15 Å². The summed E-state index contributed by atoms with van der Waals surface area (Å²) in [4.78, 5) is 4.60. The smallest absolute Gasteiger partial charge is 0.263 e. The summed E-state index contributed by atoms with van der Waals surface area (Å²) in [6.07, 6.45) is 0.435. The second-order valence-corrected chi connectivity index (χ2v) is 8.28. The predicted molar refractivity (Wildman–Crippen MR) is 115 cm³/mol. The van der Waals surface area contributed by atoms with Gasteiger partial charge in [-0.2, -0.15) is 4.98 Å². The SMILES string of the molecule is COc1cccc(-c2oc(Cc3ccccc3)nc2NS(=O)(=O)c2ccccc2)c1. The van der Waals surface area contributed by atoms with Crippen molar-refractivity contribution >= 4 is 15.8 Å². The van der Waals surface area contributed by atoms with Crippen LogP contribution in [0, 0.1) is 0 Å². The highest BCUT2D eigenvalue weighted by molar-refractivity contribution is 7.92. The number of methoxy groups -OCH3 is 1. The average molecular weight is 420 g/mol. The van der Waals surface area contributed by atoms with Gasteiger partial charge in [-0.05, 0) is 29.8 Å². The van der Waals surface area contributed by atoms with Gasteiger partial charge in [-0.15, -0.1) is 0 Å². The monoisotopic (exact) mass is 420 g/mol. The molecule has 1 heterocycles. The Morgan fingerprint density at radius 2 is 1.63 bits per heavy atom. The molecule has 7 heteroatoms. The van der Waals surface area contributed by atoms with Crippen LogP contribution in [-0.2, 0) is 16.4 Å². The van der Waals surface area contributed by atoms with E-state index in [1.807, 2.05) is 42.5 Å². The van der Waals surface area contributed by atoms with Crippen molar-refractivity contribution in [2.75, 3.05) is 11.8 Å². The van der Waals surface area contributed by atoms with Crippen LogP contribution in [0.3, 0.4) is 0 Å². The van der Waals surface area contributed by atoms with Crippen molar-refractivity contribution in [3.8, 4) is 17.1 Å². The van der Waals surface area contributed by atoms with E-state index in [2.05, 4.69) is 9.71 Å². The van der Waals surface area contributed by atoms with Crippen LogP contribution in [0.5, 0.6) is 5.75 Å².